The summed E-state index contributed by atoms with van der Waals surface area (Å²) in [6.45, 7) is 6.49. The Morgan fingerprint density at radius 2 is 1.38 bits per heavy atom. The van der Waals surface area contributed by atoms with E-state index in [-0.39, 0.29) is 0 Å². The maximum atomic E-state index is 4.61. The van der Waals surface area contributed by atoms with E-state index in [0.29, 0.717) is 6.04 Å². The van der Waals surface area contributed by atoms with Crippen LogP contribution in [0.4, 0.5) is 0 Å². The topological polar surface area (TPSA) is 30.7 Å². The Labute approximate surface area is 144 Å². The van der Waals surface area contributed by atoms with Gasteiger partial charge in [-0.2, -0.15) is 0 Å². The summed E-state index contributed by atoms with van der Waals surface area (Å²) in [4.78, 5) is 0. The maximum absolute atomic E-state index is 4.61. The second-order valence-electron chi connectivity index (χ2n) is 8.74. The molecule has 4 bridgehead atoms. The third kappa shape index (κ3) is 2.17. The number of aromatic nitrogens is 3. The monoisotopic (exact) mass is 321 g/mol. The average Bonchev–Trinajstić information content (AvgIpc) is 2.87. The van der Waals surface area contributed by atoms with Crippen LogP contribution in [-0.2, 0) is 0 Å². The van der Waals surface area contributed by atoms with Crippen LogP contribution in [-0.4, -0.2) is 14.8 Å². The SMILES string of the molecule is Cc1cc(C)cc(-c2nnc(C)n2C2C3CC4CC(C3)CC2C4)c1. The van der Waals surface area contributed by atoms with Gasteiger partial charge in [-0.1, -0.05) is 17.2 Å². The second kappa shape index (κ2) is 5.18. The normalized spacial score (nSPS) is 34.0. The molecule has 6 rings (SSSR count). The summed E-state index contributed by atoms with van der Waals surface area (Å²) in [5.41, 5.74) is 3.85. The van der Waals surface area contributed by atoms with Crippen molar-refractivity contribution >= 4 is 0 Å². The first-order valence-electron chi connectivity index (χ1n) is 9.58. The first-order chi connectivity index (χ1) is 11.6. The molecule has 2 aromatic rings. The molecule has 4 aliphatic rings. The summed E-state index contributed by atoms with van der Waals surface area (Å²) < 4.78 is 2.52. The number of hydrogen-bond acceptors (Lipinski definition) is 2. The van der Waals surface area contributed by atoms with Gasteiger partial charge in [0.2, 0.25) is 0 Å². The van der Waals surface area contributed by atoms with Crippen molar-refractivity contribution in [1.82, 2.24) is 14.8 Å². The average molecular weight is 321 g/mol. The van der Waals surface area contributed by atoms with Crippen LogP contribution in [0.5, 0.6) is 0 Å². The maximum Gasteiger partial charge on any atom is 0.164 e. The molecule has 0 aliphatic heterocycles. The van der Waals surface area contributed by atoms with Gasteiger partial charge >= 0.3 is 0 Å². The molecule has 0 unspecified atom stereocenters. The Morgan fingerprint density at radius 3 is 1.96 bits per heavy atom. The predicted molar refractivity (Wildman–Crippen MR) is 95.8 cm³/mol. The fourth-order valence-electron chi connectivity index (χ4n) is 6.34. The molecule has 0 atom stereocenters. The molecule has 0 amide bonds. The van der Waals surface area contributed by atoms with Crippen molar-refractivity contribution in [2.45, 2.75) is 58.9 Å². The van der Waals surface area contributed by atoms with Crippen molar-refractivity contribution in [1.29, 1.82) is 0 Å². The predicted octanol–water partition coefficient (Wildman–Crippen LogP) is 4.87. The van der Waals surface area contributed by atoms with E-state index < -0.39 is 0 Å². The summed E-state index contributed by atoms with van der Waals surface area (Å²) in [6, 6.07) is 7.40. The van der Waals surface area contributed by atoms with Crippen molar-refractivity contribution in [2.75, 3.05) is 0 Å². The van der Waals surface area contributed by atoms with Crippen LogP contribution < -0.4 is 0 Å². The van der Waals surface area contributed by atoms with Crippen LogP contribution >= 0.6 is 0 Å². The lowest BCUT2D eigenvalue weighted by atomic mass is 9.54. The number of hydrogen-bond donors (Lipinski definition) is 0. The number of aryl methyl sites for hydroxylation is 3. The fraction of sp³-hybridized carbons (Fsp3) is 0.619. The highest BCUT2D eigenvalue weighted by Gasteiger charge is 2.49. The molecule has 0 radical (unpaired) electrons. The summed E-state index contributed by atoms with van der Waals surface area (Å²) in [5, 5.41) is 9.11. The molecular formula is C21H27N3. The molecule has 4 aliphatic carbocycles. The molecule has 24 heavy (non-hydrogen) atoms. The zero-order valence-electron chi connectivity index (χ0n) is 15.0. The molecule has 4 fully saturated rings. The van der Waals surface area contributed by atoms with Crippen LogP contribution in [0.2, 0.25) is 0 Å². The van der Waals surface area contributed by atoms with Crippen LogP contribution in [0.15, 0.2) is 18.2 Å². The lowest BCUT2D eigenvalue weighted by Gasteiger charge is -2.55. The molecule has 1 heterocycles. The third-order valence-corrected chi connectivity index (χ3v) is 6.82. The highest BCUT2D eigenvalue weighted by atomic mass is 15.3. The number of benzene rings is 1. The smallest absolute Gasteiger partial charge is 0.164 e. The van der Waals surface area contributed by atoms with Crippen molar-refractivity contribution in [3.63, 3.8) is 0 Å². The van der Waals surface area contributed by atoms with Gasteiger partial charge in [0.15, 0.2) is 5.82 Å². The highest BCUT2D eigenvalue weighted by Crippen LogP contribution is 2.58. The lowest BCUT2D eigenvalue weighted by Crippen LogP contribution is -2.46. The van der Waals surface area contributed by atoms with Gasteiger partial charge in [-0.15, -0.1) is 10.2 Å². The van der Waals surface area contributed by atoms with Crippen LogP contribution in [0.25, 0.3) is 11.4 Å². The Kier molecular flexibility index (Phi) is 3.17. The summed E-state index contributed by atoms with van der Waals surface area (Å²) in [5.74, 6) is 5.90. The van der Waals surface area contributed by atoms with Gasteiger partial charge in [0.1, 0.15) is 5.82 Å². The standard InChI is InChI=1S/C21H27N3/c1-12-4-13(2)6-19(5-12)21-23-22-14(3)24(21)20-17-8-15-7-16(10-17)11-18(20)9-15/h4-6,15-18,20H,7-11H2,1-3H3. The zero-order chi connectivity index (χ0) is 16.4. The molecular weight excluding hydrogens is 294 g/mol. The Balaban J connectivity index is 1.61. The first-order valence-corrected chi connectivity index (χ1v) is 9.58. The lowest BCUT2D eigenvalue weighted by molar-refractivity contribution is -0.0293. The van der Waals surface area contributed by atoms with Crippen molar-refractivity contribution in [3.05, 3.63) is 35.2 Å². The summed E-state index contributed by atoms with van der Waals surface area (Å²) >= 11 is 0. The fourth-order valence-corrected chi connectivity index (χ4v) is 6.34. The van der Waals surface area contributed by atoms with Crippen molar-refractivity contribution in [3.8, 4) is 11.4 Å². The van der Waals surface area contributed by atoms with E-state index in [1.807, 2.05) is 0 Å². The van der Waals surface area contributed by atoms with Crippen LogP contribution in [0, 0.1) is 44.4 Å². The Morgan fingerprint density at radius 1 is 0.792 bits per heavy atom. The molecule has 0 spiro atoms. The van der Waals surface area contributed by atoms with E-state index in [4.69, 9.17) is 0 Å². The Hall–Kier alpha value is -1.64. The van der Waals surface area contributed by atoms with E-state index >= 15 is 0 Å². The minimum Gasteiger partial charge on any atom is -0.308 e. The molecule has 3 heteroatoms. The minimum absolute atomic E-state index is 0.628. The van der Waals surface area contributed by atoms with E-state index in [0.717, 1.165) is 35.3 Å². The molecule has 0 N–H and O–H groups in total. The van der Waals surface area contributed by atoms with Crippen molar-refractivity contribution in [2.24, 2.45) is 23.7 Å². The van der Waals surface area contributed by atoms with Gasteiger partial charge in [0.05, 0.1) is 0 Å². The van der Waals surface area contributed by atoms with E-state index in [2.05, 4.69) is 53.7 Å². The number of nitrogens with zero attached hydrogens (tertiary/aromatic N) is 3. The van der Waals surface area contributed by atoms with E-state index in [9.17, 15) is 0 Å². The molecule has 1 aromatic heterocycles. The summed E-state index contributed by atoms with van der Waals surface area (Å²) in [6.07, 6.45) is 7.23. The molecule has 3 nitrogen and oxygen atoms in total. The van der Waals surface area contributed by atoms with Gasteiger partial charge in [-0.3, -0.25) is 0 Å². The van der Waals surface area contributed by atoms with Gasteiger partial charge in [0, 0.05) is 11.6 Å². The molecule has 0 saturated heterocycles. The zero-order valence-corrected chi connectivity index (χ0v) is 15.0. The van der Waals surface area contributed by atoms with Crippen LogP contribution in [0.3, 0.4) is 0 Å². The molecule has 1 aromatic carbocycles. The third-order valence-electron chi connectivity index (χ3n) is 6.82. The van der Waals surface area contributed by atoms with Crippen LogP contribution in [0.1, 0.15) is 55.1 Å². The number of rotatable bonds is 2. The van der Waals surface area contributed by atoms with Gasteiger partial charge in [-0.25, -0.2) is 0 Å². The second-order valence-corrected chi connectivity index (χ2v) is 8.74. The summed E-state index contributed by atoms with van der Waals surface area (Å²) in [7, 11) is 0. The van der Waals surface area contributed by atoms with Gasteiger partial charge in [-0.05, 0) is 88.7 Å². The minimum atomic E-state index is 0.628. The van der Waals surface area contributed by atoms with E-state index in [1.54, 1.807) is 0 Å². The largest absolute Gasteiger partial charge is 0.308 e. The van der Waals surface area contributed by atoms with Gasteiger partial charge in [0.25, 0.3) is 0 Å². The highest BCUT2D eigenvalue weighted by molar-refractivity contribution is 5.58. The molecule has 4 saturated carbocycles. The molecule has 126 valence electrons. The van der Waals surface area contributed by atoms with Gasteiger partial charge < -0.3 is 4.57 Å². The van der Waals surface area contributed by atoms with E-state index in [1.165, 1.54) is 48.8 Å². The first kappa shape index (κ1) is 14.7. The Bertz CT molecular complexity index is 740. The van der Waals surface area contributed by atoms with Crippen molar-refractivity contribution < 1.29 is 0 Å². The quantitative estimate of drug-likeness (QED) is 0.790.